The average Bonchev–Trinajstić information content (AvgIpc) is 2.75. The molecule has 0 amide bonds. The van der Waals surface area contributed by atoms with Gasteiger partial charge < -0.3 is 10.1 Å². The summed E-state index contributed by atoms with van der Waals surface area (Å²) in [4.78, 5) is 11.6. The first-order chi connectivity index (χ1) is 9.51. The predicted molar refractivity (Wildman–Crippen MR) is 84.0 cm³/mol. The average molecular weight is 378 g/mol. The Kier molecular flexibility index (Phi) is 4.85. The van der Waals surface area contributed by atoms with E-state index in [2.05, 4.69) is 21.2 Å². The molecule has 0 fully saturated rings. The maximum atomic E-state index is 11.0. The lowest BCUT2D eigenvalue weighted by atomic mass is 10.2. The minimum Gasteiger partial charge on any atom is -0.496 e. The van der Waals surface area contributed by atoms with Crippen LogP contribution in [0.5, 0.6) is 5.75 Å². The minimum atomic E-state index is -0.442. The molecule has 0 unspecified atom stereocenters. The van der Waals surface area contributed by atoms with Crippen LogP contribution in [0.15, 0.2) is 28.7 Å². The number of nitrogens with zero attached hydrogens (tertiary/aromatic N) is 1. The van der Waals surface area contributed by atoms with Crippen molar-refractivity contribution in [2.24, 2.45) is 0 Å². The zero-order valence-corrected chi connectivity index (χ0v) is 13.5. The lowest BCUT2D eigenvalue weighted by molar-refractivity contribution is -0.384. The van der Waals surface area contributed by atoms with Crippen LogP contribution < -0.4 is 10.1 Å². The minimum absolute atomic E-state index is 0.0222. The number of nitro groups is 1. The first-order valence-corrected chi connectivity index (χ1v) is 7.50. The summed E-state index contributed by atoms with van der Waals surface area (Å²) in [6.07, 6.45) is 0. The van der Waals surface area contributed by atoms with E-state index in [0.29, 0.717) is 22.3 Å². The van der Waals surface area contributed by atoms with Gasteiger partial charge in [0, 0.05) is 15.9 Å². The van der Waals surface area contributed by atoms with Gasteiger partial charge in [0.2, 0.25) is 0 Å². The molecular formula is C12H10BrClN2O3S. The lowest BCUT2D eigenvalue weighted by Gasteiger charge is -2.07. The predicted octanol–water partition coefficient (Wildman–Crippen LogP) is 4.69. The van der Waals surface area contributed by atoms with E-state index >= 15 is 0 Å². The van der Waals surface area contributed by atoms with Crippen LogP contribution >= 0.6 is 38.9 Å². The van der Waals surface area contributed by atoms with Crippen molar-refractivity contribution >= 4 is 50.2 Å². The van der Waals surface area contributed by atoms with E-state index in [9.17, 15) is 10.1 Å². The quantitative estimate of drug-likeness (QED) is 0.606. The molecule has 0 atom stereocenters. The van der Waals surface area contributed by atoms with Crippen molar-refractivity contribution in [3.8, 4) is 5.75 Å². The van der Waals surface area contributed by atoms with Crippen LogP contribution in [0.3, 0.4) is 0 Å². The number of thiophene rings is 1. The molecule has 2 aromatic rings. The van der Waals surface area contributed by atoms with Crippen LogP contribution in [0.25, 0.3) is 0 Å². The second kappa shape index (κ2) is 6.43. The van der Waals surface area contributed by atoms with E-state index in [0.717, 1.165) is 9.35 Å². The molecule has 1 aromatic heterocycles. The maximum Gasteiger partial charge on any atom is 0.296 e. The molecule has 5 nitrogen and oxygen atoms in total. The topological polar surface area (TPSA) is 64.4 Å². The van der Waals surface area contributed by atoms with E-state index in [1.807, 2.05) is 6.07 Å². The molecule has 1 heterocycles. The highest BCUT2D eigenvalue weighted by Crippen LogP contribution is 2.33. The molecule has 0 aliphatic rings. The van der Waals surface area contributed by atoms with E-state index in [-0.39, 0.29) is 5.69 Å². The third kappa shape index (κ3) is 3.41. The Morgan fingerprint density at radius 2 is 2.25 bits per heavy atom. The number of hydrogen-bond donors (Lipinski definition) is 1. The third-order valence-corrected chi connectivity index (χ3v) is 5.03. The summed E-state index contributed by atoms with van der Waals surface area (Å²) >= 11 is 10.7. The molecule has 0 radical (unpaired) electrons. The highest BCUT2D eigenvalue weighted by atomic mass is 79.9. The van der Waals surface area contributed by atoms with Crippen molar-refractivity contribution in [2.45, 2.75) is 6.54 Å². The monoisotopic (exact) mass is 376 g/mol. The maximum absolute atomic E-state index is 11.0. The molecule has 0 aliphatic carbocycles. The highest BCUT2D eigenvalue weighted by molar-refractivity contribution is 9.10. The Balaban J connectivity index is 2.18. The van der Waals surface area contributed by atoms with Crippen molar-refractivity contribution in [1.29, 1.82) is 0 Å². The molecule has 8 heteroatoms. The fourth-order valence-corrected chi connectivity index (χ4v) is 3.33. The van der Waals surface area contributed by atoms with Gasteiger partial charge in [-0.2, -0.15) is 0 Å². The van der Waals surface area contributed by atoms with Crippen LogP contribution in [0.2, 0.25) is 4.34 Å². The Hall–Kier alpha value is -1.31. The number of benzene rings is 1. The van der Waals surface area contributed by atoms with Crippen molar-refractivity contribution in [3.05, 3.63) is 48.1 Å². The van der Waals surface area contributed by atoms with E-state index in [1.54, 1.807) is 12.1 Å². The molecule has 0 bridgehead atoms. The molecule has 2 rings (SSSR count). The van der Waals surface area contributed by atoms with E-state index in [1.165, 1.54) is 24.5 Å². The third-order valence-electron chi connectivity index (χ3n) is 2.55. The summed E-state index contributed by atoms with van der Waals surface area (Å²) in [5, 5.41) is 14.1. The summed E-state index contributed by atoms with van der Waals surface area (Å²) in [5.74, 6) is 0.448. The number of hydrogen-bond acceptors (Lipinski definition) is 5. The second-order valence-corrected chi connectivity index (χ2v) is 6.42. The Morgan fingerprint density at radius 3 is 2.80 bits per heavy atom. The van der Waals surface area contributed by atoms with E-state index < -0.39 is 4.92 Å². The zero-order valence-electron chi connectivity index (χ0n) is 10.4. The van der Waals surface area contributed by atoms with Crippen molar-refractivity contribution < 1.29 is 9.66 Å². The summed E-state index contributed by atoms with van der Waals surface area (Å²) in [6, 6.07) is 6.57. The summed E-state index contributed by atoms with van der Waals surface area (Å²) < 4.78 is 6.47. The summed E-state index contributed by atoms with van der Waals surface area (Å²) in [7, 11) is 1.47. The number of methoxy groups -OCH3 is 1. The molecule has 0 saturated heterocycles. The molecule has 1 N–H and O–H groups in total. The molecule has 106 valence electrons. The van der Waals surface area contributed by atoms with E-state index in [4.69, 9.17) is 16.3 Å². The number of rotatable bonds is 5. The molecule has 1 aromatic carbocycles. The first-order valence-electron chi connectivity index (χ1n) is 5.51. The second-order valence-electron chi connectivity index (χ2n) is 3.83. The molecule has 0 aliphatic heterocycles. The van der Waals surface area contributed by atoms with Crippen LogP contribution in [0.1, 0.15) is 4.88 Å². The number of anilines is 1. The Morgan fingerprint density at radius 1 is 1.50 bits per heavy atom. The van der Waals surface area contributed by atoms with Gasteiger partial charge in [0.15, 0.2) is 0 Å². The van der Waals surface area contributed by atoms with Crippen molar-refractivity contribution in [1.82, 2.24) is 0 Å². The van der Waals surface area contributed by atoms with Gasteiger partial charge >= 0.3 is 0 Å². The molecule has 0 spiro atoms. The normalized spacial score (nSPS) is 10.3. The van der Waals surface area contributed by atoms with Gasteiger partial charge in [0.05, 0.1) is 18.1 Å². The molecular weight excluding hydrogens is 368 g/mol. The SMILES string of the molecule is COc1ccc(NCc2cc(Br)c(Cl)s2)c([N+](=O)[O-])c1. The standard InChI is InChI=1S/C12H10BrClN2O3S/c1-19-7-2-3-10(11(4-7)16(17)18)15-6-8-5-9(13)12(14)20-8/h2-5,15H,6H2,1H3. The smallest absolute Gasteiger partial charge is 0.296 e. The van der Waals surface area contributed by atoms with Gasteiger partial charge in [-0.15, -0.1) is 11.3 Å². The highest BCUT2D eigenvalue weighted by Gasteiger charge is 2.15. The molecule has 0 saturated carbocycles. The van der Waals surface area contributed by atoms with Crippen LogP contribution in [0.4, 0.5) is 11.4 Å². The fourth-order valence-electron chi connectivity index (χ4n) is 1.60. The first kappa shape index (κ1) is 15.1. The fraction of sp³-hybridized carbons (Fsp3) is 0.167. The van der Waals surface area contributed by atoms with Gasteiger partial charge in [-0.3, -0.25) is 10.1 Å². The van der Waals surface area contributed by atoms with Gasteiger partial charge in [-0.25, -0.2) is 0 Å². The van der Waals surface area contributed by atoms with Gasteiger partial charge in [-0.05, 0) is 34.1 Å². The van der Waals surface area contributed by atoms with Crippen LogP contribution in [-0.4, -0.2) is 12.0 Å². The largest absolute Gasteiger partial charge is 0.496 e. The van der Waals surface area contributed by atoms with Gasteiger partial charge in [0.25, 0.3) is 5.69 Å². The Bertz CT molecular complexity index is 628. The van der Waals surface area contributed by atoms with Crippen molar-refractivity contribution in [3.63, 3.8) is 0 Å². The molecule has 20 heavy (non-hydrogen) atoms. The summed E-state index contributed by atoms with van der Waals surface area (Å²) in [5.41, 5.74) is 0.419. The Labute approximate surface area is 132 Å². The number of halogens is 2. The number of ether oxygens (including phenoxy) is 1. The zero-order chi connectivity index (χ0) is 14.7. The lowest BCUT2D eigenvalue weighted by Crippen LogP contribution is -2.01. The summed E-state index contributed by atoms with van der Waals surface area (Å²) in [6.45, 7) is 0.461. The van der Waals surface area contributed by atoms with Crippen molar-refractivity contribution in [2.75, 3.05) is 12.4 Å². The van der Waals surface area contributed by atoms with Crippen LogP contribution in [-0.2, 0) is 6.54 Å². The van der Waals surface area contributed by atoms with Gasteiger partial charge in [-0.1, -0.05) is 11.6 Å². The van der Waals surface area contributed by atoms with Crippen LogP contribution in [0, 0.1) is 10.1 Å². The van der Waals surface area contributed by atoms with Gasteiger partial charge in [0.1, 0.15) is 15.8 Å². The number of nitro benzene ring substituents is 1. The number of nitrogens with one attached hydrogen (secondary N) is 1.